The number of carbonyl (C=O) groups excluding carboxylic acids is 1. The molecule has 0 aromatic heterocycles. The largest absolute Gasteiger partial charge is 0.497 e. The molecule has 29 heavy (non-hydrogen) atoms. The maximum Gasteiger partial charge on any atom is 0.258 e. The highest BCUT2D eigenvalue weighted by Gasteiger charge is 2.28. The summed E-state index contributed by atoms with van der Waals surface area (Å²) < 4.78 is 24.5. The van der Waals surface area contributed by atoms with Crippen LogP contribution in [0, 0.1) is 5.82 Å². The van der Waals surface area contributed by atoms with Gasteiger partial charge in [-0.05, 0) is 18.2 Å². The Balaban J connectivity index is 1.74. The van der Waals surface area contributed by atoms with E-state index < -0.39 is 0 Å². The summed E-state index contributed by atoms with van der Waals surface area (Å²) in [5.41, 5.74) is 1.35. The fraction of sp³-hybridized carbons (Fsp3) is 0.273. The van der Waals surface area contributed by atoms with Crippen molar-refractivity contribution < 1.29 is 23.5 Å². The third kappa shape index (κ3) is 4.56. The second kappa shape index (κ2) is 9.23. The first-order chi connectivity index (χ1) is 14.1. The lowest BCUT2D eigenvalue weighted by atomic mass is 10.0. The molecule has 1 heterocycles. The van der Waals surface area contributed by atoms with Gasteiger partial charge in [-0.3, -0.25) is 4.79 Å². The zero-order chi connectivity index (χ0) is 20.8. The number of hydrogen-bond acceptors (Lipinski definition) is 5. The molecule has 2 aromatic rings. The lowest BCUT2D eigenvalue weighted by Gasteiger charge is -2.24. The van der Waals surface area contributed by atoms with E-state index in [1.807, 2.05) is 0 Å². The summed E-state index contributed by atoms with van der Waals surface area (Å²) in [7, 11) is 3.04. The van der Waals surface area contributed by atoms with Crippen LogP contribution in [0.5, 0.6) is 11.5 Å². The average Bonchev–Trinajstić information content (AvgIpc) is 3.21. The van der Waals surface area contributed by atoms with Gasteiger partial charge in [0.1, 0.15) is 17.3 Å². The summed E-state index contributed by atoms with van der Waals surface area (Å²) in [6.07, 6.45) is 1.67. The zero-order valence-electron chi connectivity index (χ0n) is 16.4. The Morgan fingerprint density at radius 1 is 1.31 bits per heavy atom. The van der Waals surface area contributed by atoms with Gasteiger partial charge in [0.25, 0.3) is 5.91 Å². The first kappa shape index (κ1) is 20.4. The van der Waals surface area contributed by atoms with Crippen LogP contribution in [0.2, 0.25) is 0 Å². The van der Waals surface area contributed by atoms with E-state index >= 15 is 0 Å². The van der Waals surface area contributed by atoms with Gasteiger partial charge in [-0.1, -0.05) is 29.4 Å². The maximum atomic E-state index is 14.0. The smallest absolute Gasteiger partial charge is 0.258 e. The number of rotatable bonds is 8. The van der Waals surface area contributed by atoms with Crippen molar-refractivity contribution >= 4 is 11.6 Å². The molecule has 1 aliphatic heterocycles. The third-order valence-corrected chi connectivity index (χ3v) is 4.62. The number of amides is 1. The molecular formula is C22H23FN2O4. The van der Waals surface area contributed by atoms with Gasteiger partial charge in [-0.25, -0.2) is 4.39 Å². The second-order valence-electron chi connectivity index (χ2n) is 6.51. The molecule has 1 atom stereocenters. The Labute approximate surface area is 169 Å². The lowest BCUT2D eigenvalue weighted by molar-refractivity contribution is 0.0448. The van der Waals surface area contributed by atoms with Crippen molar-refractivity contribution in [3.8, 4) is 11.5 Å². The maximum absolute atomic E-state index is 14.0. The molecule has 152 valence electrons. The van der Waals surface area contributed by atoms with Gasteiger partial charge in [0.2, 0.25) is 0 Å². The molecule has 0 bridgehead atoms. The number of carbonyl (C=O) groups is 1. The number of halogens is 1. The number of oxime groups is 1. The average molecular weight is 398 g/mol. The topological polar surface area (TPSA) is 60.4 Å². The fourth-order valence-corrected chi connectivity index (χ4v) is 3.17. The van der Waals surface area contributed by atoms with Gasteiger partial charge < -0.3 is 19.2 Å². The number of hydrogen-bond donors (Lipinski definition) is 0. The SMILES string of the molecule is C=CCN(C[C@@H]1CC(c2ccccc2F)=NO1)C(=O)c1ccc(OC)cc1OC. The standard InChI is InChI=1S/C22H23FN2O4/c1-4-11-25(22(26)18-10-9-15(27-2)13-21(18)28-3)14-16-12-20(24-29-16)17-7-5-6-8-19(17)23/h4-10,13,16H,1,11-12,14H2,2-3H3/t16-/m0/s1. The zero-order valence-corrected chi connectivity index (χ0v) is 16.4. The van der Waals surface area contributed by atoms with Crippen LogP contribution in [0.25, 0.3) is 0 Å². The predicted octanol–water partition coefficient (Wildman–Crippen LogP) is 3.66. The van der Waals surface area contributed by atoms with E-state index in [1.54, 1.807) is 54.5 Å². The van der Waals surface area contributed by atoms with E-state index in [0.29, 0.717) is 41.3 Å². The van der Waals surface area contributed by atoms with Crippen LogP contribution in [0.15, 0.2) is 60.3 Å². The molecule has 2 aromatic carbocycles. The van der Waals surface area contributed by atoms with Crippen molar-refractivity contribution in [1.82, 2.24) is 4.90 Å². The molecule has 6 nitrogen and oxygen atoms in total. The predicted molar refractivity (Wildman–Crippen MR) is 108 cm³/mol. The Kier molecular flexibility index (Phi) is 6.49. The van der Waals surface area contributed by atoms with Gasteiger partial charge in [-0.15, -0.1) is 6.58 Å². The molecule has 0 saturated heterocycles. The van der Waals surface area contributed by atoms with Crippen LogP contribution in [-0.2, 0) is 4.84 Å². The Morgan fingerprint density at radius 3 is 2.79 bits per heavy atom. The molecule has 0 saturated carbocycles. The summed E-state index contributed by atoms with van der Waals surface area (Å²) in [6, 6.07) is 11.4. The third-order valence-electron chi connectivity index (χ3n) is 4.62. The van der Waals surface area contributed by atoms with E-state index in [2.05, 4.69) is 11.7 Å². The van der Waals surface area contributed by atoms with Gasteiger partial charge in [0, 0.05) is 24.6 Å². The highest BCUT2D eigenvalue weighted by atomic mass is 19.1. The molecule has 7 heteroatoms. The Morgan fingerprint density at radius 2 is 2.10 bits per heavy atom. The summed E-state index contributed by atoms with van der Waals surface area (Å²) in [5.74, 6) is 0.430. The number of benzene rings is 2. The molecule has 0 aliphatic carbocycles. The lowest BCUT2D eigenvalue weighted by Crippen LogP contribution is -2.38. The van der Waals surface area contributed by atoms with Crippen LogP contribution in [0.1, 0.15) is 22.3 Å². The fourth-order valence-electron chi connectivity index (χ4n) is 3.17. The monoisotopic (exact) mass is 398 g/mol. The van der Waals surface area contributed by atoms with Gasteiger partial charge in [0.05, 0.1) is 32.0 Å². The molecule has 0 spiro atoms. The van der Waals surface area contributed by atoms with Crippen LogP contribution in [0.4, 0.5) is 4.39 Å². The molecular weight excluding hydrogens is 375 g/mol. The van der Waals surface area contributed by atoms with Crippen LogP contribution < -0.4 is 9.47 Å². The van der Waals surface area contributed by atoms with Crippen LogP contribution >= 0.6 is 0 Å². The van der Waals surface area contributed by atoms with Gasteiger partial charge in [0.15, 0.2) is 6.10 Å². The van der Waals surface area contributed by atoms with Crippen LogP contribution in [-0.4, -0.2) is 49.9 Å². The molecule has 1 aliphatic rings. The first-order valence-corrected chi connectivity index (χ1v) is 9.17. The Bertz CT molecular complexity index is 929. The molecule has 1 amide bonds. The molecule has 0 fully saturated rings. The Hall–Kier alpha value is -3.35. The molecule has 3 rings (SSSR count). The number of nitrogens with zero attached hydrogens (tertiary/aromatic N) is 2. The highest BCUT2D eigenvalue weighted by Crippen LogP contribution is 2.27. The molecule has 0 N–H and O–H groups in total. The van der Waals surface area contributed by atoms with Crippen molar-refractivity contribution in [1.29, 1.82) is 0 Å². The molecule has 0 radical (unpaired) electrons. The van der Waals surface area contributed by atoms with Crippen molar-refractivity contribution in [2.45, 2.75) is 12.5 Å². The number of ether oxygens (including phenoxy) is 2. The van der Waals surface area contributed by atoms with Gasteiger partial charge >= 0.3 is 0 Å². The van der Waals surface area contributed by atoms with Crippen molar-refractivity contribution in [3.05, 3.63) is 72.1 Å². The number of methoxy groups -OCH3 is 2. The van der Waals surface area contributed by atoms with Gasteiger partial charge in [-0.2, -0.15) is 0 Å². The minimum Gasteiger partial charge on any atom is -0.497 e. The van der Waals surface area contributed by atoms with E-state index in [9.17, 15) is 9.18 Å². The van der Waals surface area contributed by atoms with Crippen molar-refractivity contribution in [3.63, 3.8) is 0 Å². The first-order valence-electron chi connectivity index (χ1n) is 9.17. The van der Waals surface area contributed by atoms with E-state index in [0.717, 1.165) is 0 Å². The molecule has 0 unspecified atom stereocenters. The summed E-state index contributed by atoms with van der Waals surface area (Å²) in [6.45, 7) is 4.33. The summed E-state index contributed by atoms with van der Waals surface area (Å²) in [5, 5.41) is 4.02. The van der Waals surface area contributed by atoms with Crippen molar-refractivity contribution in [2.75, 3.05) is 27.3 Å². The van der Waals surface area contributed by atoms with E-state index in [4.69, 9.17) is 14.3 Å². The highest BCUT2D eigenvalue weighted by molar-refractivity contribution is 6.01. The summed E-state index contributed by atoms with van der Waals surface area (Å²) in [4.78, 5) is 20.2. The van der Waals surface area contributed by atoms with Crippen LogP contribution in [0.3, 0.4) is 0 Å². The van der Waals surface area contributed by atoms with E-state index in [-0.39, 0.29) is 24.4 Å². The normalized spacial score (nSPS) is 15.3. The quantitative estimate of drug-likeness (QED) is 0.637. The van der Waals surface area contributed by atoms with Crippen molar-refractivity contribution in [2.24, 2.45) is 5.16 Å². The minimum absolute atomic E-state index is 0.229. The van der Waals surface area contributed by atoms with E-state index in [1.165, 1.54) is 13.2 Å². The minimum atomic E-state index is -0.377. The second-order valence-corrected chi connectivity index (χ2v) is 6.51. The summed E-state index contributed by atoms with van der Waals surface area (Å²) >= 11 is 0.